The molecule has 1 heterocycles. The van der Waals surface area contributed by atoms with Crippen LogP contribution in [-0.2, 0) is 39.9 Å². The van der Waals surface area contributed by atoms with Gasteiger partial charge in [-0.15, -0.1) is 5.10 Å². The van der Waals surface area contributed by atoms with Crippen molar-refractivity contribution in [3.8, 4) is 0 Å². The molecule has 0 aliphatic carbocycles. The van der Waals surface area contributed by atoms with Crippen molar-refractivity contribution in [2.75, 3.05) is 0 Å². The molecule has 0 aliphatic heterocycles. The molecule has 9 nitrogen and oxygen atoms in total. The Kier molecular flexibility index (Phi) is 7.60. The first-order valence-electron chi connectivity index (χ1n) is 10.7. The van der Waals surface area contributed by atoms with Gasteiger partial charge in [0.2, 0.25) is 10.0 Å². The monoisotopic (exact) mass is 471 g/mol. The van der Waals surface area contributed by atoms with E-state index in [1.54, 1.807) is 41.1 Å². The highest BCUT2D eigenvalue weighted by Gasteiger charge is 2.18. The summed E-state index contributed by atoms with van der Waals surface area (Å²) in [6.07, 6.45) is 0.861. The van der Waals surface area contributed by atoms with Crippen LogP contribution < -0.4 is 4.72 Å². The van der Waals surface area contributed by atoms with Crippen LogP contribution in [0.2, 0.25) is 0 Å². The minimum absolute atomic E-state index is 0.0264. The number of carbonyl (C=O) groups is 1. The maximum Gasteiger partial charge on any atom is 0.338 e. The van der Waals surface area contributed by atoms with Crippen molar-refractivity contribution in [3.63, 3.8) is 0 Å². The highest BCUT2D eigenvalue weighted by atomic mass is 32.2. The molecule has 0 amide bonds. The second-order valence-corrected chi connectivity index (χ2v) is 10.5. The van der Waals surface area contributed by atoms with E-state index in [0.29, 0.717) is 23.5 Å². The van der Waals surface area contributed by atoms with Crippen molar-refractivity contribution in [2.24, 2.45) is 0 Å². The van der Waals surface area contributed by atoms with Gasteiger partial charge in [0.1, 0.15) is 0 Å². The largest absolute Gasteiger partial charge is 0.454 e. The van der Waals surface area contributed by atoms with Gasteiger partial charge in [-0.3, -0.25) is 0 Å². The number of hydrogen-bond acceptors (Lipinski definition) is 7. The molecule has 10 heteroatoms. The average Bonchev–Trinajstić information content (AvgIpc) is 3.23. The summed E-state index contributed by atoms with van der Waals surface area (Å²) in [5.74, 6) is -0.0288. The van der Waals surface area contributed by atoms with Crippen LogP contribution in [0.3, 0.4) is 0 Å². The minimum atomic E-state index is -3.65. The van der Waals surface area contributed by atoms with Crippen LogP contribution in [0, 0.1) is 0 Å². The topological polar surface area (TPSA) is 116 Å². The highest BCUT2D eigenvalue weighted by molar-refractivity contribution is 7.89. The number of ether oxygens (including phenoxy) is 1. The van der Waals surface area contributed by atoms with Crippen molar-refractivity contribution in [1.82, 2.24) is 24.9 Å². The lowest BCUT2D eigenvalue weighted by Crippen LogP contribution is -2.23. The summed E-state index contributed by atoms with van der Waals surface area (Å²) < 4.78 is 34.7. The second-order valence-electron chi connectivity index (χ2n) is 8.69. The standard InChI is InChI=1S/C23H29N5O4S/c1-5-14-28-21(25-26-27-28)16-32-22(29)18-8-6-17(7-9-18)15-24-33(30,31)20-12-10-19(11-13-20)23(2,3)4/h6-13,24H,5,14-16H2,1-4H3. The summed E-state index contributed by atoms with van der Waals surface area (Å²) in [5, 5.41) is 11.3. The van der Waals surface area contributed by atoms with E-state index in [1.807, 2.05) is 19.1 Å². The summed E-state index contributed by atoms with van der Waals surface area (Å²) in [5.41, 5.74) is 2.08. The Morgan fingerprint density at radius 1 is 1.06 bits per heavy atom. The first-order valence-corrected chi connectivity index (χ1v) is 12.2. The van der Waals surface area contributed by atoms with Gasteiger partial charge in [-0.2, -0.15) is 0 Å². The van der Waals surface area contributed by atoms with Gasteiger partial charge < -0.3 is 4.74 Å². The van der Waals surface area contributed by atoms with Crippen molar-refractivity contribution in [1.29, 1.82) is 0 Å². The number of sulfonamides is 1. The molecule has 0 spiro atoms. The van der Waals surface area contributed by atoms with Gasteiger partial charge in [0, 0.05) is 13.1 Å². The number of rotatable bonds is 9. The zero-order valence-corrected chi connectivity index (χ0v) is 20.1. The van der Waals surface area contributed by atoms with E-state index >= 15 is 0 Å². The minimum Gasteiger partial charge on any atom is -0.454 e. The van der Waals surface area contributed by atoms with E-state index < -0.39 is 16.0 Å². The number of nitrogens with one attached hydrogen (secondary N) is 1. The molecule has 0 saturated heterocycles. The summed E-state index contributed by atoms with van der Waals surface area (Å²) in [7, 11) is -3.65. The molecule has 1 aromatic heterocycles. The zero-order valence-electron chi connectivity index (χ0n) is 19.3. The maximum absolute atomic E-state index is 12.6. The molecule has 3 rings (SSSR count). The Morgan fingerprint density at radius 3 is 2.33 bits per heavy atom. The van der Waals surface area contributed by atoms with Crippen molar-refractivity contribution in [3.05, 3.63) is 71.0 Å². The van der Waals surface area contributed by atoms with Gasteiger partial charge in [0.25, 0.3) is 0 Å². The second kappa shape index (κ2) is 10.2. The van der Waals surface area contributed by atoms with E-state index in [2.05, 4.69) is 41.0 Å². The number of carbonyl (C=O) groups excluding carboxylic acids is 1. The third-order valence-electron chi connectivity index (χ3n) is 5.06. The molecule has 0 unspecified atom stereocenters. The lowest BCUT2D eigenvalue weighted by atomic mass is 9.87. The molecule has 0 fully saturated rings. The van der Waals surface area contributed by atoms with Crippen molar-refractivity contribution < 1.29 is 17.9 Å². The maximum atomic E-state index is 12.6. The number of benzene rings is 2. The van der Waals surface area contributed by atoms with Gasteiger partial charge in [-0.05, 0) is 57.7 Å². The summed E-state index contributed by atoms with van der Waals surface area (Å²) in [6.45, 7) is 8.94. The van der Waals surface area contributed by atoms with E-state index in [4.69, 9.17) is 4.74 Å². The van der Waals surface area contributed by atoms with E-state index in [1.165, 1.54) is 0 Å². The summed E-state index contributed by atoms with van der Waals surface area (Å²) in [4.78, 5) is 12.5. The first-order chi connectivity index (χ1) is 15.6. The average molecular weight is 472 g/mol. The van der Waals surface area contributed by atoms with Crippen LogP contribution in [0.25, 0.3) is 0 Å². The van der Waals surface area contributed by atoms with E-state index in [-0.39, 0.29) is 23.5 Å². The molecule has 2 aromatic carbocycles. The van der Waals surface area contributed by atoms with Crippen molar-refractivity contribution in [2.45, 2.75) is 64.1 Å². The fourth-order valence-electron chi connectivity index (χ4n) is 3.08. The molecule has 3 aromatic rings. The summed E-state index contributed by atoms with van der Waals surface area (Å²) in [6, 6.07) is 13.4. The Balaban J connectivity index is 1.56. The van der Waals surface area contributed by atoms with Crippen LogP contribution in [0.15, 0.2) is 53.4 Å². The van der Waals surface area contributed by atoms with Gasteiger partial charge in [-0.1, -0.05) is 52.0 Å². The number of aryl methyl sites for hydroxylation is 1. The highest BCUT2D eigenvalue weighted by Crippen LogP contribution is 2.23. The molecular weight excluding hydrogens is 442 g/mol. The van der Waals surface area contributed by atoms with Crippen LogP contribution in [0.5, 0.6) is 0 Å². The lowest BCUT2D eigenvalue weighted by molar-refractivity contribution is 0.0456. The Morgan fingerprint density at radius 2 is 1.73 bits per heavy atom. The Labute approximate surface area is 194 Å². The van der Waals surface area contributed by atoms with Crippen molar-refractivity contribution >= 4 is 16.0 Å². The molecule has 1 N–H and O–H groups in total. The zero-order chi connectivity index (χ0) is 24.1. The predicted molar refractivity (Wildman–Crippen MR) is 123 cm³/mol. The van der Waals surface area contributed by atoms with Gasteiger partial charge in [0.05, 0.1) is 10.5 Å². The fraction of sp³-hybridized carbons (Fsp3) is 0.391. The number of nitrogens with zero attached hydrogens (tertiary/aromatic N) is 4. The fourth-order valence-corrected chi connectivity index (χ4v) is 4.10. The normalized spacial score (nSPS) is 12.0. The predicted octanol–water partition coefficient (Wildman–Crippen LogP) is 3.22. The van der Waals surface area contributed by atoms with Gasteiger partial charge >= 0.3 is 5.97 Å². The number of esters is 1. The molecule has 0 bridgehead atoms. The molecule has 176 valence electrons. The van der Waals surface area contributed by atoms with Crippen LogP contribution in [0.1, 0.15) is 61.4 Å². The van der Waals surface area contributed by atoms with Crippen LogP contribution in [0.4, 0.5) is 0 Å². The Hall–Kier alpha value is -3.11. The molecule has 0 aliphatic rings. The molecule has 0 saturated carbocycles. The van der Waals surface area contributed by atoms with E-state index in [9.17, 15) is 13.2 Å². The molecule has 0 atom stereocenters. The quantitative estimate of drug-likeness (QED) is 0.476. The van der Waals surface area contributed by atoms with Gasteiger partial charge in [0.15, 0.2) is 12.4 Å². The molecule has 0 radical (unpaired) electrons. The molecule has 33 heavy (non-hydrogen) atoms. The number of hydrogen-bond donors (Lipinski definition) is 1. The smallest absolute Gasteiger partial charge is 0.338 e. The Bertz CT molecular complexity index is 1180. The van der Waals surface area contributed by atoms with Crippen LogP contribution in [-0.4, -0.2) is 34.6 Å². The lowest BCUT2D eigenvalue weighted by Gasteiger charge is -2.19. The molecular formula is C23H29N5O4S. The SMILES string of the molecule is CCCn1nnnc1COC(=O)c1ccc(CNS(=O)(=O)c2ccc(C(C)(C)C)cc2)cc1. The summed E-state index contributed by atoms with van der Waals surface area (Å²) >= 11 is 0. The number of aromatic nitrogens is 4. The third-order valence-corrected chi connectivity index (χ3v) is 6.48. The van der Waals surface area contributed by atoms with Crippen LogP contribution >= 0.6 is 0 Å². The third kappa shape index (κ3) is 6.45. The van der Waals surface area contributed by atoms with E-state index in [0.717, 1.165) is 12.0 Å². The first kappa shape index (κ1) is 24.5. The number of tetrazole rings is 1. The van der Waals surface area contributed by atoms with Gasteiger partial charge in [-0.25, -0.2) is 22.6 Å².